The summed E-state index contributed by atoms with van der Waals surface area (Å²) in [6, 6.07) is 3.47. The molecule has 0 aromatic heterocycles. The zero-order valence-corrected chi connectivity index (χ0v) is 9.82. The summed E-state index contributed by atoms with van der Waals surface area (Å²) in [6.45, 7) is 0. The summed E-state index contributed by atoms with van der Waals surface area (Å²) in [5.74, 6) is -1.65. The van der Waals surface area contributed by atoms with Gasteiger partial charge in [0.2, 0.25) is 0 Å². The fourth-order valence-electron chi connectivity index (χ4n) is 1.14. The van der Waals surface area contributed by atoms with Crippen LogP contribution in [0.3, 0.4) is 0 Å². The number of nitrogens with two attached hydrogens (primary N) is 1. The Balaban J connectivity index is 3.45. The van der Waals surface area contributed by atoms with Gasteiger partial charge in [-0.1, -0.05) is 3.89 Å². The van der Waals surface area contributed by atoms with E-state index in [1.807, 2.05) is 0 Å². The van der Waals surface area contributed by atoms with Crippen molar-refractivity contribution in [3.8, 4) is 11.8 Å². The molecule has 0 heterocycles. The lowest BCUT2D eigenvalue weighted by molar-refractivity contribution is 0.0599. The molecule has 0 fully saturated rings. The van der Waals surface area contributed by atoms with Gasteiger partial charge >= 0.3 is 16.5 Å². The number of benzene rings is 1. The van der Waals surface area contributed by atoms with Gasteiger partial charge in [-0.05, 0) is 6.07 Å². The van der Waals surface area contributed by atoms with E-state index in [1.54, 1.807) is 6.07 Å². The smallest absolute Gasteiger partial charge is 0.465 e. The Bertz CT molecular complexity index is 635. The Morgan fingerprint density at radius 1 is 1.50 bits per heavy atom. The quantitative estimate of drug-likeness (QED) is 0.484. The molecule has 0 unspecified atom stereocenters. The summed E-state index contributed by atoms with van der Waals surface area (Å²) in [6.07, 6.45) is 0. The molecule has 9 heteroatoms. The fraction of sp³-hybridized carbons (Fsp3) is 0.111. The molecule has 0 aliphatic carbocycles. The molecule has 7 nitrogen and oxygen atoms in total. The average Bonchev–Trinajstić information content (AvgIpc) is 2.26. The number of methoxy groups -OCH3 is 1. The molecule has 0 radical (unpaired) electrons. The maximum atomic E-state index is 12.4. The topological polar surface area (TPSA) is 119 Å². The van der Waals surface area contributed by atoms with E-state index >= 15 is 0 Å². The van der Waals surface area contributed by atoms with Crippen LogP contribution in [-0.2, 0) is 15.2 Å². The molecule has 0 aliphatic rings. The van der Waals surface area contributed by atoms with Crippen molar-refractivity contribution >= 4 is 22.2 Å². The Morgan fingerprint density at radius 3 is 2.56 bits per heavy atom. The monoisotopic (exact) mass is 274 g/mol. The Morgan fingerprint density at radius 2 is 2.11 bits per heavy atom. The summed E-state index contributed by atoms with van der Waals surface area (Å²) in [7, 11) is -4.30. The molecular formula is C9H7FN2O5S. The third kappa shape index (κ3) is 3.08. The van der Waals surface area contributed by atoms with Gasteiger partial charge in [0.15, 0.2) is 5.75 Å². The molecule has 2 N–H and O–H groups in total. The number of nitrogen functional groups attached to an aromatic ring is 1. The SMILES string of the molecule is COC(=O)c1cc(C#N)c(N)cc1OS(=O)(=O)F. The molecule has 0 aliphatic heterocycles. The number of carbonyl (C=O) groups excluding carboxylic acids is 1. The minimum atomic E-state index is -5.32. The summed E-state index contributed by atoms with van der Waals surface area (Å²) in [4.78, 5) is 11.3. The second-order valence-electron chi connectivity index (χ2n) is 3.02. The first kappa shape index (κ1) is 13.7. The fourth-order valence-corrected chi connectivity index (χ4v) is 1.49. The van der Waals surface area contributed by atoms with Gasteiger partial charge in [0, 0.05) is 6.07 Å². The maximum absolute atomic E-state index is 12.4. The van der Waals surface area contributed by atoms with Crippen LogP contribution in [0, 0.1) is 11.3 Å². The van der Waals surface area contributed by atoms with E-state index < -0.39 is 27.8 Å². The third-order valence-corrected chi connectivity index (χ3v) is 2.25. The van der Waals surface area contributed by atoms with Gasteiger partial charge in [-0.3, -0.25) is 0 Å². The summed E-state index contributed by atoms with van der Waals surface area (Å²) >= 11 is 0. The molecule has 0 saturated heterocycles. The van der Waals surface area contributed by atoms with Crippen LogP contribution in [0.1, 0.15) is 15.9 Å². The van der Waals surface area contributed by atoms with Gasteiger partial charge in [-0.25, -0.2) is 4.79 Å². The van der Waals surface area contributed by atoms with Crippen LogP contribution < -0.4 is 9.92 Å². The number of hydrogen-bond donors (Lipinski definition) is 1. The normalized spacial score (nSPS) is 10.5. The van der Waals surface area contributed by atoms with Gasteiger partial charge in [-0.2, -0.15) is 13.7 Å². The first-order valence-electron chi connectivity index (χ1n) is 4.34. The number of halogens is 1. The van der Waals surface area contributed by atoms with Crippen molar-refractivity contribution in [1.29, 1.82) is 5.26 Å². The Hall–Kier alpha value is -2.34. The molecule has 1 rings (SSSR count). The second kappa shape index (κ2) is 4.89. The molecule has 0 bridgehead atoms. The van der Waals surface area contributed by atoms with Crippen molar-refractivity contribution in [1.82, 2.24) is 0 Å². The van der Waals surface area contributed by atoms with Crippen LogP contribution in [0.2, 0.25) is 0 Å². The highest BCUT2D eigenvalue weighted by Crippen LogP contribution is 2.27. The predicted molar refractivity (Wildman–Crippen MR) is 57.6 cm³/mol. The number of nitrogens with zero attached hydrogens (tertiary/aromatic N) is 1. The number of anilines is 1. The maximum Gasteiger partial charge on any atom is 0.488 e. The molecular weight excluding hydrogens is 267 g/mol. The number of ether oxygens (including phenoxy) is 1. The van der Waals surface area contributed by atoms with Crippen molar-refractivity contribution in [2.45, 2.75) is 0 Å². The van der Waals surface area contributed by atoms with Crippen LogP contribution in [0.15, 0.2) is 12.1 Å². The van der Waals surface area contributed by atoms with Crippen molar-refractivity contribution in [3.63, 3.8) is 0 Å². The van der Waals surface area contributed by atoms with Crippen molar-refractivity contribution < 1.29 is 26.0 Å². The van der Waals surface area contributed by atoms with E-state index in [9.17, 15) is 17.1 Å². The number of carbonyl (C=O) groups is 1. The number of rotatable bonds is 3. The highest BCUT2D eigenvalue weighted by Gasteiger charge is 2.21. The summed E-state index contributed by atoms with van der Waals surface area (Å²) in [5.41, 5.74) is 4.70. The minimum Gasteiger partial charge on any atom is -0.465 e. The first-order valence-corrected chi connectivity index (χ1v) is 5.65. The molecule has 0 amide bonds. The molecule has 96 valence electrons. The van der Waals surface area contributed by atoms with Crippen LogP contribution in [0.25, 0.3) is 0 Å². The molecule has 18 heavy (non-hydrogen) atoms. The van der Waals surface area contributed by atoms with Crippen molar-refractivity contribution in [3.05, 3.63) is 23.3 Å². The highest BCUT2D eigenvalue weighted by molar-refractivity contribution is 7.81. The Kier molecular flexibility index (Phi) is 3.73. The van der Waals surface area contributed by atoms with E-state index in [1.165, 1.54) is 0 Å². The van der Waals surface area contributed by atoms with E-state index in [-0.39, 0.29) is 11.3 Å². The lowest BCUT2D eigenvalue weighted by atomic mass is 10.1. The van der Waals surface area contributed by atoms with Crippen molar-refractivity contribution in [2.24, 2.45) is 0 Å². The summed E-state index contributed by atoms with van der Waals surface area (Å²) in [5, 5.41) is 8.71. The van der Waals surface area contributed by atoms with E-state index in [0.29, 0.717) is 0 Å². The lowest BCUT2D eigenvalue weighted by Gasteiger charge is -2.08. The largest absolute Gasteiger partial charge is 0.488 e. The van der Waals surface area contributed by atoms with E-state index in [4.69, 9.17) is 11.0 Å². The van der Waals surface area contributed by atoms with Crippen LogP contribution >= 0.6 is 0 Å². The molecule has 0 atom stereocenters. The van der Waals surface area contributed by atoms with Gasteiger partial charge < -0.3 is 14.7 Å². The van der Waals surface area contributed by atoms with Crippen LogP contribution in [0.4, 0.5) is 9.57 Å². The van der Waals surface area contributed by atoms with Gasteiger partial charge in [0.05, 0.1) is 18.4 Å². The Labute approximate surface area is 102 Å². The zero-order valence-electron chi connectivity index (χ0n) is 9.01. The number of nitriles is 1. The van der Waals surface area contributed by atoms with Crippen LogP contribution in [-0.4, -0.2) is 21.5 Å². The van der Waals surface area contributed by atoms with Crippen LogP contribution in [0.5, 0.6) is 5.75 Å². The predicted octanol–water partition coefficient (Wildman–Crippen LogP) is 0.520. The molecule has 0 saturated carbocycles. The summed E-state index contributed by atoms with van der Waals surface area (Å²) < 4.78 is 41.5. The second-order valence-corrected chi connectivity index (χ2v) is 3.97. The highest BCUT2D eigenvalue weighted by atomic mass is 32.3. The van der Waals surface area contributed by atoms with Gasteiger partial charge in [0.25, 0.3) is 0 Å². The molecule has 1 aromatic carbocycles. The van der Waals surface area contributed by atoms with Gasteiger partial charge in [0.1, 0.15) is 11.6 Å². The third-order valence-electron chi connectivity index (χ3n) is 1.87. The first-order chi connectivity index (χ1) is 8.28. The number of esters is 1. The van der Waals surface area contributed by atoms with Gasteiger partial charge in [-0.15, -0.1) is 0 Å². The zero-order chi connectivity index (χ0) is 13.9. The standard InChI is InChI=1S/C9H7FN2O5S/c1-16-9(13)6-2-5(4-11)7(12)3-8(6)17-18(10,14)15/h2-3H,12H2,1H3. The number of hydrogen-bond acceptors (Lipinski definition) is 7. The van der Waals surface area contributed by atoms with E-state index in [2.05, 4.69) is 8.92 Å². The van der Waals surface area contributed by atoms with E-state index in [0.717, 1.165) is 19.2 Å². The lowest BCUT2D eigenvalue weighted by Crippen LogP contribution is -2.10. The molecule has 0 spiro atoms. The van der Waals surface area contributed by atoms with Crippen molar-refractivity contribution in [2.75, 3.05) is 12.8 Å². The minimum absolute atomic E-state index is 0.0981. The molecule has 1 aromatic rings. The average molecular weight is 274 g/mol.